The third-order valence-corrected chi connectivity index (χ3v) is 4.69. The number of hydrogen-bond acceptors (Lipinski definition) is 1. The quantitative estimate of drug-likeness (QED) is 0.606. The maximum absolute atomic E-state index is 13.1. The van der Waals surface area contributed by atoms with Gasteiger partial charge in [0.15, 0.2) is 5.78 Å². The van der Waals surface area contributed by atoms with E-state index in [1.54, 1.807) is 0 Å². The van der Waals surface area contributed by atoms with Crippen LogP contribution in [0.25, 0.3) is 10.9 Å². The Bertz CT molecular complexity index is 872. The molecule has 2 nitrogen and oxygen atoms in total. The van der Waals surface area contributed by atoms with Crippen LogP contribution in [-0.4, -0.2) is 10.4 Å². The zero-order chi connectivity index (χ0) is 14.6. The lowest BCUT2D eigenvalue weighted by Crippen LogP contribution is -2.03. The van der Waals surface area contributed by atoms with Gasteiger partial charge >= 0.3 is 0 Å². The first-order valence-electron chi connectivity index (χ1n) is 7.38. The average molecular weight is 275 g/mol. The molecule has 1 atom stereocenters. The molecule has 0 fully saturated rings. The summed E-state index contributed by atoms with van der Waals surface area (Å²) in [5.41, 5.74) is 5.22. The van der Waals surface area contributed by atoms with E-state index in [-0.39, 0.29) is 5.78 Å². The Hall–Kier alpha value is -2.35. The minimum absolute atomic E-state index is 0.168. The summed E-state index contributed by atoms with van der Waals surface area (Å²) in [4.78, 5) is 13.1. The van der Waals surface area contributed by atoms with Gasteiger partial charge in [0, 0.05) is 29.2 Å². The molecule has 1 aliphatic carbocycles. The minimum atomic E-state index is 0.168. The molecule has 0 saturated carbocycles. The average Bonchev–Trinajstić information content (AvgIpc) is 2.73. The molecule has 0 radical (unpaired) electrons. The van der Waals surface area contributed by atoms with Gasteiger partial charge in [-0.25, -0.2) is 0 Å². The Morgan fingerprint density at radius 1 is 1.05 bits per heavy atom. The normalized spacial score (nSPS) is 17.4. The molecule has 0 spiro atoms. The highest BCUT2D eigenvalue weighted by atomic mass is 16.1. The van der Waals surface area contributed by atoms with E-state index >= 15 is 0 Å². The van der Waals surface area contributed by atoms with Crippen LogP contribution in [-0.2, 0) is 13.5 Å². The van der Waals surface area contributed by atoms with Crippen LogP contribution in [0.3, 0.4) is 0 Å². The maximum Gasteiger partial charge on any atom is 0.195 e. The molecule has 0 aliphatic heterocycles. The van der Waals surface area contributed by atoms with Gasteiger partial charge in [-0.15, -0.1) is 0 Å². The first kappa shape index (κ1) is 12.4. The topological polar surface area (TPSA) is 22.0 Å². The molecule has 1 heterocycles. The Morgan fingerprint density at radius 2 is 1.76 bits per heavy atom. The van der Waals surface area contributed by atoms with Gasteiger partial charge in [0.1, 0.15) is 0 Å². The highest BCUT2D eigenvalue weighted by Crippen LogP contribution is 2.36. The van der Waals surface area contributed by atoms with Gasteiger partial charge in [-0.05, 0) is 24.0 Å². The lowest BCUT2D eigenvalue weighted by atomic mass is 9.93. The van der Waals surface area contributed by atoms with E-state index in [1.165, 1.54) is 5.56 Å². The molecule has 0 N–H and O–H groups in total. The Balaban J connectivity index is 2.10. The van der Waals surface area contributed by atoms with Gasteiger partial charge in [0.05, 0.1) is 5.56 Å². The second kappa shape index (κ2) is 4.32. The molecule has 2 heteroatoms. The van der Waals surface area contributed by atoms with Crippen molar-refractivity contribution in [2.24, 2.45) is 7.05 Å². The maximum atomic E-state index is 13.1. The van der Waals surface area contributed by atoms with Crippen LogP contribution in [0.2, 0.25) is 0 Å². The zero-order valence-corrected chi connectivity index (χ0v) is 12.3. The van der Waals surface area contributed by atoms with Gasteiger partial charge in [-0.2, -0.15) is 0 Å². The summed E-state index contributed by atoms with van der Waals surface area (Å²) < 4.78 is 2.19. The van der Waals surface area contributed by atoms with Gasteiger partial charge in [0.25, 0.3) is 0 Å². The number of benzene rings is 2. The summed E-state index contributed by atoms with van der Waals surface area (Å²) >= 11 is 0. The number of aromatic nitrogens is 1. The van der Waals surface area contributed by atoms with Crippen LogP contribution in [0.15, 0.2) is 48.5 Å². The zero-order valence-electron chi connectivity index (χ0n) is 12.3. The minimum Gasteiger partial charge on any atom is -0.347 e. The van der Waals surface area contributed by atoms with Gasteiger partial charge in [-0.3, -0.25) is 4.79 Å². The summed E-state index contributed by atoms with van der Waals surface area (Å²) in [5.74, 6) is 0.524. The molecule has 4 rings (SSSR count). The molecule has 21 heavy (non-hydrogen) atoms. The number of rotatable bonds is 0. The number of aryl methyl sites for hydroxylation is 1. The van der Waals surface area contributed by atoms with E-state index in [0.717, 1.165) is 34.1 Å². The number of carbonyl (C=O) groups excluding carboxylic acids is 1. The second-order valence-corrected chi connectivity index (χ2v) is 5.92. The molecular formula is C19H17NO. The smallest absolute Gasteiger partial charge is 0.195 e. The molecule has 1 aliphatic rings. The van der Waals surface area contributed by atoms with Crippen LogP contribution < -0.4 is 0 Å². The second-order valence-electron chi connectivity index (χ2n) is 5.92. The van der Waals surface area contributed by atoms with Gasteiger partial charge in [-0.1, -0.05) is 49.4 Å². The van der Waals surface area contributed by atoms with E-state index in [1.807, 2.05) is 30.3 Å². The van der Waals surface area contributed by atoms with Crippen LogP contribution >= 0.6 is 0 Å². The molecule has 104 valence electrons. The molecule has 0 unspecified atom stereocenters. The van der Waals surface area contributed by atoms with Crippen molar-refractivity contribution in [2.75, 3.05) is 0 Å². The summed E-state index contributed by atoms with van der Waals surface area (Å²) in [6.07, 6.45) is 0.906. The van der Waals surface area contributed by atoms with Crippen molar-refractivity contribution >= 4 is 16.7 Å². The standard InChI is InChI=1S/C19H17NO/c1-12-11-17-18(15-9-5-6-10-16(15)20(17)2)19(21)14-8-4-3-7-13(12)14/h3-10,12H,11H2,1-2H3/t12-/m0/s1. The number of nitrogens with zero attached hydrogens (tertiary/aromatic N) is 1. The van der Waals surface area contributed by atoms with Gasteiger partial charge < -0.3 is 4.57 Å². The molecule has 1 aromatic heterocycles. The van der Waals surface area contributed by atoms with Crippen LogP contribution in [0.5, 0.6) is 0 Å². The van der Waals surface area contributed by atoms with Crippen molar-refractivity contribution in [3.63, 3.8) is 0 Å². The fourth-order valence-corrected chi connectivity index (χ4v) is 3.61. The summed E-state index contributed by atoms with van der Waals surface area (Å²) in [6.45, 7) is 2.21. The predicted octanol–water partition coefficient (Wildman–Crippen LogP) is 4.07. The third-order valence-electron chi connectivity index (χ3n) is 4.69. The molecule has 3 aromatic rings. The first-order valence-corrected chi connectivity index (χ1v) is 7.38. The molecule has 0 saturated heterocycles. The van der Waals surface area contributed by atoms with Crippen molar-refractivity contribution in [1.82, 2.24) is 4.57 Å². The van der Waals surface area contributed by atoms with E-state index in [9.17, 15) is 4.79 Å². The molecule has 2 aromatic carbocycles. The van der Waals surface area contributed by atoms with Crippen LogP contribution in [0.1, 0.15) is 40.0 Å². The molecule has 0 bridgehead atoms. The number of ketones is 1. The van der Waals surface area contributed by atoms with E-state index in [0.29, 0.717) is 5.92 Å². The summed E-state index contributed by atoms with van der Waals surface area (Å²) in [6, 6.07) is 16.2. The number of hydrogen-bond donors (Lipinski definition) is 0. The monoisotopic (exact) mass is 275 g/mol. The van der Waals surface area contributed by atoms with E-state index < -0.39 is 0 Å². The van der Waals surface area contributed by atoms with Crippen molar-refractivity contribution in [3.8, 4) is 0 Å². The van der Waals surface area contributed by atoms with E-state index in [2.05, 4.69) is 36.7 Å². The lowest BCUT2D eigenvalue weighted by molar-refractivity contribution is 0.103. The largest absolute Gasteiger partial charge is 0.347 e. The highest BCUT2D eigenvalue weighted by molar-refractivity contribution is 6.18. The predicted molar refractivity (Wildman–Crippen MR) is 84.9 cm³/mol. The summed E-state index contributed by atoms with van der Waals surface area (Å²) in [7, 11) is 2.07. The molecular weight excluding hydrogens is 258 g/mol. The Labute approximate surface area is 124 Å². The van der Waals surface area contributed by atoms with Crippen LogP contribution in [0, 0.1) is 0 Å². The van der Waals surface area contributed by atoms with Gasteiger partial charge in [0.2, 0.25) is 0 Å². The Kier molecular flexibility index (Phi) is 2.55. The highest BCUT2D eigenvalue weighted by Gasteiger charge is 2.29. The Morgan fingerprint density at radius 3 is 2.62 bits per heavy atom. The number of fused-ring (bicyclic) bond motifs is 4. The third kappa shape index (κ3) is 1.62. The fourth-order valence-electron chi connectivity index (χ4n) is 3.61. The number of para-hydroxylation sites is 1. The van der Waals surface area contributed by atoms with Crippen molar-refractivity contribution < 1.29 is 4.79 Å². The van der Waals surface area contributed by atoms with Crippen molar-refractivity contribution in [1.29, 1.82) is 0 Å². The van der Waals surface area contributed by atoms with Crippen molar-refractivity contribution in [2.45, 2.75) is 19.3 Å². The first-order chi connectivity index (χ1) is 10.2. The SMILES string of the molecule is C[C@H]1Cc2c(c3ccccc3n2C)C(=O)c2ccccc21. The molecule has 0 amide bonds. The van der Waals surface area contributed by atoms with E-state index in [4.69, 9.17) is 0 Å². The number of carbonyl (C=O) groups is 1. The van der Waals surface area contributed by atoms with Crippen molar-refractivity contribution in [3.05, 3.63) is 70.9 Å². The fraction of sp³-hybridized carbons (Fsp3) is 0.211. The lowest BCUT2D eigenvalue weighted by Gasteiger charge is -2.12. The van der Waals surface area contributed by atoms with Crippen LogP contribution in [0.4, 0.5) is 0 Å². The summed E-state index contributed by atoms with van der Waals surface area (Å²) in [5, 5.41) is 1.07.